The van der Waals surface area contributed by atoms with Gasteiger partial charge in [-0.2, -0.15) is 0 Å². The minimum Gasteiger partial charge on any atom is -0.379 e. The topological polar surface area (TPSA) is 31.1 Å². The first-order chi connectivity index (χ1) is 17.7. The standard InChI is InChI=1S/C31H32F3N3/c1-6-19(2)20(3)26-12-11-22(21(4)35-17-25-13-23-9-7-8-10-30(23)36-25)14-31(26)37(5)18-27-28(33)15-24(32)16-29(27)34/h6-16,19-20,35-36H,1,4,17-18H2,2-3,5H3. The largest absolute Gasteiger partial charge is 0.379 e. The van der Waals surface area contributed by atoms with Crippen LogP contribution >= 0.6 is 0 Å². The summed E-state index contributed by atoms with van der Waals surface area (Å²) in [5.74, 6) is -2.45. The van der Waals surface area contributed by atoms with E-state index in [9.17, 15) is 13.2 Å². The van der Waals surface area contributed by atoms with Gasteiger partial charge in [0.1, 0.15) is 17.5 Å². The minimum atomic E-state index is -0.935. The molecule has 0 saturated heterocycles. The van der Waals surface area contributed by atoms with Crippen molar-refractivity contribution < 1.29 is 13.2 Å². The van der Waals surface area contributed by atoms with Crippen LogP contribution in [0.25, 0.3) is 16.6 Å². The van der Waals surface area contributed by atoms with Crippen LogP contribution in [0.15, 0.2) is 79.9 Å². The Morgan fingerprint density at radius 1 is 1.03 bits per heavy atom. The first kappa shape index (κ1) is 26.1. The Morgan fingerprint density at radius 2 is 1.73 bits per heavy atom. The van der Waals surface area contributed by atoms with E-state index in [1.165, 1.54) is 0 Å². The van der Waals surface area contributed by atoms with Gasteiger partial charge in [-0.1, -0.05) is 56.8 Å². The summed E-state index contributed by atoms with van der Waals surface area (Å²) in [6.07, 6.45) is 1.89. The van der Waals surface area contributed by atoms with Gasteiger partial charge < -0.3 is 15.2 Å². The molecule has 3 aromatic carbocycles. The second-order valence-electron chi connectivity index (χ2n) is 9.58. The number of nitrogens with one attached hydrogen (secondary N) is 2. The highest BCUT2D eigenvalue weighted by atomic mass is 19.1. The van der Waals surface area contributed by atoms with Gasteiger partial charge in [-0.15, -0.1) is 6.58 Å². The normalized spacial score (nSPS) is 12.8. The van der Waals surface area contributed by atoms with Gasteiger partial charge in [-0.25, -0.2) is 13.2 Å². The predicted molar refractivity (Wildman–Crippen MR) is 147 cm³/mol. The molecule has 2 atom stereocenters. The molecule has 1 heterocycles. The molecule has 192 valence electrons. The van der Waals surface area contributed by atoms with Crippen LogP contribution in [0.5, 0.6) is 0 Å². The second-order valence-corrected chi connectivity index (χ2v) is 9.58. The SMILES string of the molecule is C=CC(C)C(C)c1ccc(C(=C)NCc2cc3ccccc3[nH]2)cc1N(C)Cc1c(F)cc(F)cc1F. The van der Waals surface area contributed by atoms with Crippen LogP contribution in [0.3, 0.4) is 0 Å². The van der Waals surface area contributed by atoms with E-state index in [1.807, 2.05) is 42.5 Å². The summed E-state index contributed by atoms with van der Waals surface area (Å²) in [6, 6.07) is 17.6. The lowest BCUT2D eigenvalue weighted by atomic mass is 9.86. The average Bonchev–Trinajstić information content (AvgIpc) is 3.31. The number of aromatic nitrogens is 1. The maximum absolute atomic E-state index is 14.4. The van der Waals surface area contributed by atoms with Crippen molar-refractivity contribution in [1.82, 2.24) is 10.3 Å². The molecule has 2 N–H and O–H groups in total. The number of rotatable bonds is 10. The summed E-state index contributed by atoms with van der Waals surface area (Å²) >= 11 is 0. The summed E-state index contributed by atoms with van der Waals surface area (Å²) in [5.41, 5.74) is 5.35. The van der Waals surface area contributed by atoms with Gasteiger partial charge in [0.15, 0.2) is 0 Å². The monoisotopic (exact) mass is 503 g/mol. The summed E-state index contributed by atoms with van der Waals surface area (Å²) in [7, 11) is 1.77. The van der Waals surface area contributed by atoms with Crippen LogP contribution in [0.1, 0.15) is 42.1 Å². The van der Waals surface area contributed by atoms with Crippen LogP contribution in [-0.2, 0) is 13.1 Å². The Bertz CT molecular complexity index is 1380. The van der Waals surface area contributed by atoms with Gasteiger partial charge in [-0.3, -0.25) is 0 Å². The van der Waals surface area contributed by atoms with Gasteiger partial charge >= 0.3 is 0 Å². The third-order valence-electron chi connectivity index (χ3n) is 7.02. The molecule has 4 aromatic rings. The fraction of sp³-hybridized carbons (Fsp3) is 0.226. The van der Waals surface area contributed by atoms with Crippen molar-refractivity contribution >= 4 is 22.3 Å². The quantitative estimate of drug-likeness (QED) is 0.216. The summed E-state index contributed by atoms with van der Waals surface area (Å²) in [6.45, 7) is 12.8. The van der Waals surface area contributed by atoms with Gasteiger partial charge in [0, 0.05) is 53.9 Å². The molecule has 4 rings (SSSR count). The van der Waals surface area contributed by atoms with Crippen LogP contribution in [-0.4, -0.2) is 12.0 Å². The van der Waals surface area contributed by atoms with E-state index < -0.39 is 17.5 Å². The van der Waals surface area contributed by atoms with E-state index in [-0.39, 0.29) is 23.9 Å². The molecule has 0 spiro atoms. The molecule has 3 nitrogen and oxygen atoms in total. The predicted octanol–water partition coefficient (Wildman–Crippen LogP) is 7.91. The Kier molecular flexibility index (Phi) is 7.77. The molecule has 0 aliphatic rings. The smallest absolute Gasteiger partial charge is 0.134 e. The molecule has 0 radical (unpaired) electrons. The summed E-state index contributed by atoms with van der Waals surface area (Å²) in [4.78, 5) is 5.19. The summed E-state index contributed by atoms with van der Waals surface area (Å²) < 4.78 is 42.3. The van der Waals surface area contributed by atoms with E-state index in [1.54, 1.807) is 11.9 Å². The average molecular weight is 504 g/mol. The van der Waals surface area contributed by atoms with Gasteiger partial charge in [0.05, 0.1) is 6.54 Å². The van der Waals surface area contributed by atoms with E-state index >= 15 is 0 Å². The molecule has 0 bridgehead atoms. The third kappa shape index (κ3) is 5.74. The van der Waals surface area contributed by atoms with Crippen molar-refractivity contribution in [3.63, 3.8) is 0 Å². The van der Waals surface area contributed by atoms with Crippen LogP contribution in [0.4, 0.5) is 18.9 Å². The van der Waals surface area contributed by atoms with Crippen LogP contribution in [0, 0.1) is 23.4 Å². The fourth-order valence-electron chi connectivity index (χ4n) is 4.51. The lowest BCUT2D eigenvalue weighted by Gasteiger charge is -2.28. The highest BCUT2D eigenvalue weighted by molar-refractivity contribution is 5.80. The maximum Gasteiger partial charge on any atom is 0.134 e. The molecule has 6 heteroatoms. The highest BCUT2D eigenvalue weighted by Crippen LogP contribution is 2.35. The zero-order valence-electron chi connectivity index (χ0n) is 21.4. The third-order valence-corrected chi connectivity index (χ3v) is 7.02. The Morgan fingerprint density at radius 3 is 2.41 bits per heavy atom. The Hall–Kier alpha value is -3.93. The number of hydrogen-bond acceptors (Lipinski definition) is 2. The Balaban J connectivity index is 1.61. The number of nitrogens with zero attached hydrogens (tertiary/aromatic N) is 1. The zero-order chi connectivity index (χ0) is 26.7. The molecule has 0 fully saturated rings. The second kappa shape index (κ2) is 11.0. The van der Waals surface area contributed by atoms with Crippen molar-refractivity contribution in [1.29, 1.82) is 0 Å². The minimum absolute atomic E-state index is 0.0570. The number of allylic oxidation sites excluding steroid dienone is 1. The lowest BCUT2D eigenvalue weighted by molar-refractivity contribution is 0.522. The number of H-pyrrole nitrogens is 1. The molecule has 37 heavy (non-hydrogen) atoms. The van der Waals surface area contributed by atoms with Gasteiger partial charge in [-0.05, 0) is 46.5 Å². The number of hydrogen-bond donors (Lipinski definition) is 2. The van der Waals surface area contributed by atoms with E-state index in [0.29, 0.717) is 18.7 Å². The molecule has 0 saturated carbocycles. The first-order valence-electron chi connectivity index (χ1n) is 12.3. The molecule has 0 aliphatic heterocycles. The van der Waals surface area contributed by atoms with Crippen LogP contribution in [0.2, 0.25) is 0 Å². The number of para-hydroxylation sites is 1. The van der Waals surface area contributed by atoms with E-state index in [4.69, 9.17) is 0 Å². The number of fused-ring (bicyclic) bond motifs is 1. The molecule has 0 amide bonds. The molecule has 1 aromatic heterocycles. The molecule has 2 unspecified atom stereocenters. The number of benzene rings is 3. The zero-order valence-corrected chi connectivity index (χ0v) is 21.4. The van der Waals surface area contributed by atoms with Crippen molar-refractivity contribution in [2.45, 2.75) is 32.9 Å². The van der Waals surface area contributed by atoms with Gasteiger partial charge in [0.2, 0.25) is 0 Å². The lowest BCUT2D eigenvalue weighted by Crippen LogP contribution is -2.22. The van der Waals surface area contributed by atoms with Gasteiger partial charge in [0.25, 0.3) is 0 Å². The fourth-order valence-corrected chi connectivity index (χ4v) is 4.51. The number of halogens is 3. The van der Waals surface area contributed by atoms with E-state index in [0.717, 1.165) is 39.1 Å². The number of anilines is 1. The van der Waals surface area contributed by atoms with Crippen molar-refractivity contribution in [3.8, 4) is 0 Å². The summed E-state index contributed by atoms with van der Waals surface area (Å²) in [5, 5.41) is 4.52. The van der Waals surface area contributed by atoms with Crippen molar-refractivity contribution in [3.05, 3.63) is 120 Å². The van der Waals surface area contributed by atoms with E-state index in [2.05, 4.69) is 49.4 Å². The van der Waals surface area contributed by atoms with Crippen molar-refractivity contribution in [2.75, 3.05) is 11.9 Å². The molecular formula is C31H32F3N3. The first-order valence-corrected chi connectivity index (χ1v) is 12.3. The molecular weight excluding hydrogens is 471 g/mol. The number of aromatic amines is 1. The Labute approximate surface area is 216 Å². The van der Waals surface area contributed by atoms with Crippen molar-refractivity contribution in [2.24, 2.45) is 5.92 Å². The molecule has 0 aliphatic carbocycles. The maximum atomic E-state index is 14.4. The van der Waals surface area contributed by atoms with Crippen LogP contribution < -0.4 is 10.2 Å². The highest BCUT2D eigenvalue weighted by Gasteiger charge is 2.21.